The molecule has 1 amide bonds. The number of piperidine rings is 1. The van der Waals surface area contributed by atoms with E-state index in [4.69, 9.17) is 22.3 Å². The van der Waals surface area contributed by atoms with Crippen LogP contribution in [0.4, 0.5) is 19.0 Å². The number of alkyl halides is 3. The van der Waals surface area contributed by atoms with Crippen molar-refractivity contribution in [3.8, 4) is 0 Å². The van der Waals surface area contributed by atoms with E-state index in [9.17, 15) is 18.0 Å². The second-order valence-electron chi connectivity index (χ2n) is 9.81. The van der Waals surface area contributed by atoms with Crippen LogP contribution in [0.1, 0.15) is 53.5 Å². The highest BCUT2D eigenvalue weighted by atomic mass is 35.5. The minimum absolute atomic E-state index is 0.113. The molecular formula is C26H29ClF3N7O. The Hall–Kier alpha value is -3.02. The number of amides is 1. The first-order valence-corrected chi connectivity index (χ1v) is 13.1. The number of nitrogens with two attached hydrogens (primary N) is 1. The van der Waals surface area contributed by atoms with Crippen LogP contribution in [0.15, 0.2) is 36.7 Å². The van der Waals surface area contributed by atoms with Crippen molar-refractivity contribution >= 4 is 34.2 Å². The number of pyridine rings is 1. The molecule has 3 aromatic rings. The number of anilines is 1. The van der Waals surface area contributed by atoms with Gasteiger partial charge in [-0.05, 0) is 56.6 Å². The molecule has 0 spiro atoms. The molecule has 2 atom stereocenters. The van der Waals surface area contributed by atoms with Crippen molar-refractivity contribution in [2.45, 2.75) is 43.9 Å². The Morgan fingerprint density at radius 1 is 1.11 bits per heavy atom. The molecule has 0 aliphatic carbocycles. The fourth-order valence-electron chi connectivity index (χ4n) is 5.19. The van der Waals surface area contributed by atoms with Gasteiger partial charge in [0.05, 0.1) is 22.1 Å². The van der Waals surface area contributed by atoms with Crippen LogP contribution in [0.2, 0.25) is 5.02 Å². The summed E-state index contributed by atoms with van der Waals surface area (Å²) in [5.41, 5.74) is 7.50. The van der Waals surface area contributed by atoms with Crippen LogP contribution in [-0.2, 0) is 6.18 Å². The Morgan fingerprint density at radius 2 is 1.84 bits per heavy atom. The molecule has 3 N–H and O–H groups in total. The van der Waals surface area contributed by atoms with Crippen molar-refractivity contribution in [1.29, 1.82) is 0 Å². The van der Waals surface area contributed by atoms with Gasteiger partial charge in [-0.3, -0.25) is 9.69 Å². The summed E-state index contributed by atoms with van der Waals surface area (Å²) in [6, 6.07) is 6.88. The normalized spacial score (nSPS) is 19.6. The third kappa shape index (κ3) is 5.69. The highest BCUT2D eigenvalue weighted by Gasteiger charge is 2.35. The second-order valence-corrected chi connectivity index (χ2v) is 10.2. The van der Waals surface area contributed by atoms with Gasteiger partial charge >= 0.3 is 6.18 Å². The Morgan fingerprint density at radius 3 is 2.50 bits per heavy atom. The number of benzene rings is 1. The molecule has 2 unspecified atom stereocenters. The number of hydrogen-bond acceptors (Lipinski definition) is 7. The second kappa shape index (κ2) is 11.0. The Balaban J connectivity index is 1.38. The van der Waals surface area contributed by atoms with Crippen LogP contribution in [-0.4, -0.2) is 64.5 Å². The van der Waals surface area contributed by atoms with Crippen molar-refractivity contribution in [2.75, 3.05) is 37.6 Å². The largest absolute Gasteiger partial charge is 0.451 e. The monoisotopic (exact) mass is 547 g/mol. The molecule has 12 heteroatoms. The number of hydrogen-bond donors (Lipinski definition) is 2. The van der Waals surface area contributed by atoms with Crippen LogP contribution >= 0.6 is 11.6 Å². The molecule has 202 valence electrons. The van der Waals surface area contributed by atoms with Crippen LogP contribution in [0, 0.1) is 0 Å². The number of aromatic nitrogens is 3. The molecule has 0 bridgehead atoms. The van der Waals surface area contributed by atoms with Gasteiger partial charge in [0.15, 0.2) is 0 Å². The smallest absolute Gasteiger partial charge is 0.355 e. The molecule has 0 saturated carbocycles. The Kier molecular flexibility index (Phi) is 7.69. The number of carbonyl (C=O) groups is 1. The molecule has 38 heavy (non-hydrogen) atoms. The predicted molar refractivity (Wildman–Crippen MR) is 139 cm³/mol. The van der Waals surface area contributed by atoms with Crippen molar-refractivity contribution in [3.05, 3.63) is 58.6 Å². The zero-order valence-electron chi connectivity index (χ0n) is 20.7. The molecule has 2 saturated heterocycles. The summed E-state index contributed by atoms with van der Waals surface area (Å²) in [7, 11) is 0. The number of likely N-dealkylation sites (tertiary alicyclic amines) is 1. The van der Waals surface area contributed by atoms with Crippen LogP contribution < -0.4 is 16.0 Å². The molecule has 4 heterocycles. The van der Waals surface area contributed by atoms with Crippen molar-refractivity contribution in [1.82, 2.24) is 25.2 Å². The quantitative estimate of drug-likeness (QED) is 0.477. The summed E-state index contributed by atoms with van der Waals surface area (Å²) >= 11 is 6.47. The zero-order valence-corrected chi connectivity index (χ0v) is 21.5. The van der Waals surface area contributed by atoms with Crippen molar-refractivity contribution in [2.24, 2.45) is 5.73 Å². The van der Waals surface area contributed by atoms with E-state index in [1.54, 1.807) is 12.1 Å². The highest BCUT2D eigenvalue weighted by molar-refractivity contribution is 6.35. The third-order valence-electron chi connectivity index (χ3n) is 7.18. The van der Waals surface area contributed by atoms with Crippen LogP contribution in [0.3, 0.4) is 0 Å². The minimum atomic E-state index is -4.62. The van der Waals surface area contributed by atoms with Gasteiger partial charge in [0.1, 0.15) is 5.82 Å². The Bertz CT molecular complexity index is 1300. The topological polar surface area (TPSA) is 100 Å². The van der Waals surface area contributed by atoms with E-state index in [2.05, 4.69) is 25.1 Å². The maximum Gasteiger partial charge on any atom is 0.451 e. The fourth-order valence-corrected chi connectivity index (χ4v) is 5.44. The highest BCUT2D eigenvalue weighted by Crippen LogP contribution is 2.30. The lowest BCUT2D eigenvalue weighted by molar-refractivity contribution is -0.145. The average Bonchev–Trinajstić information content (AvgIpc) is 3.35. The summed E-state index contributed by atoms with van der Waals surface area (Å²) in [6.07, 6.45) is 1.70. The first kappa shape index (κ1) is 26.6. The predicted octanol–water partition coefficient (Wildman–Crippen LogP) is 4.19. The average molecular weight is 548 g/mol. The number of nitrogens with zero attached hydrogens (tertiary/aromatic N) is 5. The number of rotatable bonds is 6. The third-order valence-corrected chi connectivity index (χ3v) is 7.49. The number of nitrogens with one attached hydrogen (secondary N) is 1. The van der Waals surface area contributed by atoms with E-state index in [0.717, 1.165) is 57.7 Å². The first-order valence-electron chi connectivity index (χ1n) is 12.7. The van der Waals surface area contributed by atoms with Crippen LogP contribution in [0.25, 0.3) is 10.9 Å². The lowest BCUT2D eigenvalue weighted by Gasteiger charge is -2.34. The molecule has 8 nitrogen and oxygen atoms in total. The van der Waals surface area contributed by atoms with Gasteiger partial charge in [0.2, 0.25) is 5.82 Å². The zero-order chi connectivity index (χ0) is 26.9. The maximum absolute atomic E-state index is 13.4. The lowest BCUT2D eigenvalue weighted by Crippen LogP contribution is -2.41. The molecule has 2 aliphatic heterocycles. The van der Waals surface area contributed by atoms with E-state index >= 15 is 0 Å². The van der Waals surface area contributed by atoms with E-state index in [1.807, 2.05) is 12.1 Å². The van der Waals surface area contributed by atoms with E-state index in [-0.39, 0.29) is 24.5 Å². The first-order chi connectivity index (χ1) is 18.2. The fraction of sp³-hybridized carbons (Fsp3) is 0.462. The van der Waals surface area contributed by atoms with E-state index in [0.29, 0.717) is 27.1 Å². The number of fused-ring (bicyclic) bond motifs is 1. The van der Waals surface area contributed by atoms with Gasteiger partial charge < -0.3 is 16.0 Å². The Labute approximate surface area is 223 Å². The van der Waals surface area contributed by atoms with Gasteiger partial charge in [0, 0.05) is 49.0 Å². The summed E-state index contributed by atoms with van der Waals surface area (Å²) < 4.78 is 39.0. The van der Waals surface area contributed by atoms with Crippen molar-refractivity contribution < 1.29 is 18.0 Å². The summed E-state index contributed by atoms with van der Waals surface area (Å²) in [5, 5.41) is 3.86. The number of carbonyl (C=O) groups excluding carboxylic acids is 1. The van der Waals surface area contributed by atoms with Crippen molar-refractivity contribution in [3.63, 3.8) is 0 Å². The van der Waals surface area contributed by atoms with Gasteiger partial charge in [-0.1, -0.05) is 18.0 Å². The molecule has 2 fully saturated rings. The summed E-state index contributed by atoms with van der Waals surface area (Å²) in [5.74, 6) is -0.771. The van der Waals surface area contributed by atoms with Gasteiger partial charge in [0.25, 0.3) is 5.91 Å². The standard InChI is InChI=1S/C26H29ClF3N7O/c27-19-5-6-20-18(4-7-22(35-20)37-11-8-17(31)15-37)23(19)24(38)32-14-21(36-9-2-1-3-10-36)16-12-33-25(34-13-16)26(28,29)30/h4-7,12-13,17,21H,1-3,8-11,14-15,31H2,(H,32,38). The summed E-state index contributed by atoms with van der Waals surface area (Å²) in [4.78, 5) is 29.5. The maximum atomic E-state index is 13.4. The molecule has 1 aromatic carbocycles. The lowest BCUT2D eigenvalue weighted by atomic mass is 10.0. The van der Waals surface area contributed by atoms with Gasteiger partial charge in [-0.2, -0.15) is 13.2 Å². The minimum Gasteiger partial charge on any atom is -0.355 e. The molecule has 5 rings (SSSR count). The van der Waals surface area contributed by atoms with Gasteiger partial charge in [-0.15, -0.1) is 0 Å². The van der Waals surface area contributed by atoms with E-state index < -0.39 is 12.0 Å². The summed E-state index contributed by atoms with van der Waals surface area (Å²) in [6.45, 7) is 3.25. The molecule has 0 radical (unpaired) electrons. The number of halogens is 4. The molecule has 2 aliphatic rings. The SMILES string of the molecule is NC1CCN(c2ccc3c(C(=O)NCC(c4cnc(C(F)(F)F)nc4)N4CCCCC4)c(Cl)ccc3n2)C1. The van der Waals surface area contributed by atoms with E-state index in [1.165, 1.54) is 12.4 Å². The molecule has 2 aromatic heterocycles. The molecular weight excluding hydrogens is 519 g/mol. The van der Waals surface area contributed by atoms with Crippen LogP contribution in [0.5, 0.6) is 0 Å². The van der Waals surface area contributed by atoms with Gasteiger partial charge in [-0.25, -0.2) is 15.0 Å².